The molecule has 0 fully saturated rings. The van der Waals surface area contributed by atoms with Crippen molar-refractivity contribution in [1.82, 2.24) is 5.32 Å². The summed E-state index contributed by atoms with van der Waals surface area (Å²) in [6.45, 7) is 4.02. The van der Waals surface area contributed by atoms with Crippen molar-refractivity contribution in [2.75, 3.05) is 6.54 Å². The molecule has 0 aliphatic heterocycles. The van der Waals surface area contributed by atoms with E-state index in [1.807, 2.05) is 0 Å². The minimum absolute atomic E-state index is 0.208. The number of carbonyl (C=O) groups excluding carboxylic acids is 2. The van der Waals surface area contributed by atoms with E-state index < -0.39 is 11.3 Å². The van der Waals surface area contributed by atoms with Gasteiger partial charge in [0, 0.05) is 18.7 Å². The topological polar surface area (TPSA) is 98.2 Å². The molecule has 0 saturated carbocycles. The third-order valence-electron chi connectivity index (χ3n) is 2.81. The van der Waals surface area contributed by atoms with E-state index in [4.69, 9.17) is 11.5 Å². The molecular weight excluding hydrogens is 230 g/mol. The van der Waals surface area contributed by atoms with Crippen LogP contribution in [0.1, 0.15) is 29.8 Å². The first kappa shape index (κ1) is 14.2. The number of hydrogen-bond acceptors (Lipinski definition) is 3. The summed E-state index contributed by atoms with van der Waals surface area (Å²) in [6.07, 6.45) is 0. The van der Waals surface area contributed by atoms with Crippen LogP contribution >= 0.6 is 0 Å². The highest BCUT2D eigenvalue weighted by Crippen LogP contribution is 2.12. The fraction of sp³-hybridized carbons (Fsp3) is 0.385. The molecule has 0 atom stereocenters. The van der Waals surface area contributed by atoms with Gasteiger partial charge >= 0.3 is 0 Å². The molecule has 1 rings (SSSR count). The van der Waals surface area contributed by atoms with Gasteiger partial charge in [-0.3, -0.25) is 9.59 Å². The first-order valence-electron chi connectivity index (χ1n) is 5.74. The maximum atomic E-state index is 11.8. The number of carbonyl (C=O) groups is 2. The maximum absolute atomic E-state index is 11.8. The van der Waals surface area contributed by atoms with Gasteiger partial charge in [-0.15, -0.1) is 0 Å². The van der Waals surface area contributed by atoms with Gasteiger partial charge in [-0.1, -0.05) is 12.1 Å². The molecule has 0 radical (unpaired) electrons. The Hall–Kier alpha value is -1.88. The van der Waals surface area contributed by atoms with Gasteiger partial charge in [-0.25, -0.2) is 0 Å². The average molecular weight is 249 g/mol. The Balaban J connectivity index is 2.63. The summed E-state index contributed by atoms with van der Waals surface area (Å²) >= 11 is 0. The van der Waals surface area contributed by atoms with Gasteiger partial charge in [-0.2, -0.15) is 0 Å². The van der Waals surface area contributed by atoms with E-state index >= 15 is 0 Å². The quantitative estimate of drug-likeness (QED) is 0.703. The Kier molecular flexibility index (Phi) is 4.44. The lowest BCUT2D eigenvalue weighted by atomic mass is 9.92. The number of benzene rings is 1. The molecule has 2 amide bonds. The lowest BCUT2D eigenvalue weighted by Crippen LogP contribution is -2.42. The highest BCUT2D eigenvalue weighted by atomic mass is 16.2. The van der Waals surface area contributed by atoms with Crippen LogP contribution in [-0.2, 0) is 11.3 Å². The molecule has 5 nitrogen and oxygen atoms in total. The Morgan fingerprint density at radius 1 is 1.22 bits per heavy atom. The molecule has 5 N–H and O–H groups in total. The molecule has 18 heavy (non-hydrogen) atoms. The van der Waals surface area contributed by atoms with E-state index in [0.29, 0.717) is 12.1 Å². The van der Waals surface area contributed by atoms with Crippen LogP contribution in [0.2, 0.25) is 0 Å². The normalized spacial score (nSPS) is 11.1. The highest BCUT2D eigenvalue weighted by molar-refractivity contribution is 5.94. The molecule has 98 valence electrons. The summed E-state index contributed by atoms with van der Waals surface area (Å²) in [5.74, 6) is -0.672. The zero-order valence-corrected chi connectivity index (χ0v) is 10.7. The van der Waals surface area contributed by atoms with Crippen LogP contribution in [0, 0.1) is 5.41 Å². The van der Waals surface area contributed by atoms with Crippen LogP contribution in [0.5, 0.6) is 0 Å². The molecule has 0 aliphatic carbocycles. The summed E-state index contributed by atoms with van der Waals surface area (Å²) in [6, 6.07) is 7.01. The van der Waals surface area contributed by atoms with E-state index in [1.165, 1.54) is 0 Å². The molecule has 0 saturated heterocycles. The van der Waals surface area contributed by atoms with Crippen molar-refractivity contribution in [3.63, 3.8) is 0 Å². The number of hydrogen-bond donors (Lipinski definition) is 3. The third-order valence-corrected chi connectivity index (χ3v) is 2.81. The molecule has 5 heteroatoms. The minimum atomic E-state index is -0.757. The smallest absolute Gasteiger partial charge is 0.251 e. The standard InChI is InChI=1S/C13H19N3O2/c1-13(2,12(15)18)8-16-11(17)10-5-3-9(7-14)4-6-10/h3-6H,7-8,14H2,1-2H3,(H2,15,18)(H,16,17). The first-order valence-corrected chi connectivity index (χ1v) is 5.74. The van der Waals surface area contributed by atoms with Crippen LogP contribution in [0.15, 0.2) is 24.3 Å². The van der Waals surface area contributed by atoms with Crippen LogP contribution in [-0.4, -0.2) is 18.4 Å². The summed E-state index contributed by atoms with van der Waals surface area (Å²) in [4.78, 5) is 22.9. The third kappa shape index (κ3) is 3.56. The fourth-order valence-corrected chi connectivity index (χ4v) is 1.28. The van der Waals surface area contributed by atoms with E-state index in [0.717, 1.165) is 5.56 Å². The average Bonchev–Trinajstić information content (AvgIpc) is 2.36. The monoisotopic (exact) mass is 249 g/mol. The molecule has 1 aromatic rings. The van der Waals surface area contributed by atoms with E-state index in [9.17, 15) is 9.59 Å². The second kappa shape index (κ2) is 5.64. The highest BCUT2D eigenvalue weighted by Gasteiger charge is 2.25. The van der Waals surface area contributed by atoms with Crippen molar-refractivity contribution in [2.45, 2.75) is 20.4 Å². The molecule has 0 heterocycles. The number of nitrogens with two attached hydrogens (primary N) is 2. The fourth-order valence-electron chi connectivity index (χ4n) is 1.28. The van der Waals surface area contributed by atoms with Crippen LogP contribution in [0.4, 0.5) is 0 Å². The summed E-state index contributed by atoms with van der Waals surface area (Å²) in [5.41, 5.74) is 11.4. The van der Waals surface area contributed by atoms with Crippen molar-refractivity contribution < 1.29 is 9.59 Å². The predicted molar refractivity (Wildman–Crippen MR) is 69.6 cm³/mol. The summed E-state index contributed by atoms with van der Waals surface area (Å²) in [7, 11) is 0. The number of nitrogens with one attached hydrogen (secondary N) is 1. The zero-order chi connectivity index (χ0) is 13.8. The van der Waals surface area contributed by atoms with Gasteiger partial charge in [-0.05, 0) is 31.5 Å². The number of amides is 2. The van der Waals surface area contributed by atoms with Gasteiger partial charge in [0.2, 0.25) is 5.91 Å². The van der Waals surface area contributed by atoms with E-state index in [1.54, 1.807) is 38.1 Å². The predicted octanol–water partition coefficient (Wildman–Crippen LogP) is 0.387. The van der Waals surface area contributed by atoms with Crippen molar-refractivity contribution >= 4 is 11.8 Å². The minimum Gasteiger partial charge on any atom is -0.369 e. The van der Waals surface area contributed by atoms with Crippen molar-refractivity contribution in [1.29, 1.82) is 0 Å². The molecule has 0 spiro atoms. The Morgan fingerprint density at radius 3 is 2.22 bits per heavy atom. The lowest BCUT2D eigenvalue weighted by molar-refractivity contribution is -0.125. The van der Waals surface area contributed by atoms with Gasteiger partial charge in [0.25, 0.3) is 5.91 Å². The molecular formula is C13H19N3O2. The number of rotatable bonds is 5. The number of primary amides is 1. The summed E-state index contributed by atoms with van der Waals surface area (Å²) in [5, 5.41) is 2.69. The van der Waals surface area contributed by atoms with Crippen molar-refractivity contribution in [3.8, 4) is 0 Å². The largest absolute Gasteiger partial charge is 0.369 e. The molecule has 0 unspecified atom stereocenters. The maximum Gasteiger partial charge on any atom is 0.251 e. The SMILES string of the molecule is CC(C)(CNC(=O)c1ccc(CN)cc1)C(N)=O. The lowest BCUT2D eigenvalue weighted by Gasteiger charge is -2.20. The summed E-state index contributed by atoms with van der Waals surface area (Å²) < 4.78 is 0. The molecule has 0 bridgehead atoms. The van der Waals surface area contributed by atoms with Crippen LogP contribution in [0.3, 0.4) is 0 Å². The zero-order valence-electron chi connectivity index (χ0n) is 10.7. The van der Waals surface area contributed by atoms with Gasteiger partial charge < -0.3 is 16.8 Å². The second-order valence-electron chi connectivity index (χ2n) is 4.83. The Labute approximate surface area is 107 Å². The van der Waals surface area contributed by atoms with Crippen LogP contribution in [0.25, 0.3) is 0 Å². The van der Waals surface area contributed by atoms with E-state index in [-0.39, 0.29) is 12.5 Å². The van der Waals surface area contributed by atoms with Gasteiger partial charge in [0.15, 0.2) is 0 Å². The van der Waals surface area contributed by atoms with Crippen molar-refractivity contribution in [2.24, 2.45) is 16.9 Å². The first-order chi connectivity index (χ1) is 8.36. The van der Waals surface area contributed by atoms with Crippen LogP contribution < -0.4 is 16.8 Å². The Bertz CT molecular complexity index is 438. The Morgan fingerprint density at radius 2 is 1.78 bits per heavy atom. The van der Waals surface area contributed by atoms with Gasteiger partial charge in [0.1, 0.15) is 0 Å². The second-order valence-corrected chi connectivity index (χ2v) is 4.83. The molecule has 1 aromatic carbocycles. The molecule has 0 aromatic heterocycles. The van der Waals surface area contributed by atoms with Crippen molar-refractivity contribution in [3.05, 3.63) is 35.4 Å². The van der Waals surface area contributed by atoms with E-state index in [2.05, 4.69) is 5.32 Å². The molecule has 0 aliphatic rings. The van der Waals surface area contributed by atoms with Gasteiger partial charge in [0.05, 0.1) is 5.41 Å².